The van der Waals surface area contributed by atoms with E-state index in [1.807, 2.05) is 30.3 Å². The van der Waals surface area contributed by atoms with E-state index in [1.165, 1.54) is 17.5 Å². The molecule has 5 heteroatoms. The van der Waals surface area contributed by atoms with Crippen LogP contribution in [0.25, 0.3) is 0 Å². The first kappa shape index (κ1) is 13.7. The number of rotatable bonds is 5. The Morgan fingerprint density at radius 1 is 1.14 bits per heavy atom. The van der Waals surface area contributed by atoms with Gasteiger partial charge < -0.3 is 10.2 Å². The maximum absolute atomic E-state index is 12.1. The van der Waals surface area contributed by atoms with Gasteiger partial charge in [0.2, 0.25) is 0 Å². The average molecular weight is 284 g/mol. The van der Waals surface area contributed by atoms with Crippen LogP contribution in [-0.4, -0.2) is 29.4 Å². The van der Waals surface area contributed by atoms with Crippen molar-refractivity contribution in [3.63, 3.8) is 0 Å². The summed E-state index contributed by atoms with van der Waals surface area (Å²) in [6.45, 7) is 3.30. The molecule has 0 radical (unpaired) electrons. The number of anilines is 2. The molecule has 1 saturated heterocycles. The summed E-state index contributed by atoms with van der Waals surface area (Å²) in [5.74, 6) is 0. The maximum Gasteiger partial charge on any atom is 0.268 e. The number of hydrogen-bond donors (Lipinski definition) is 1. The lowest BCUT2D eigenvalue weighted by atomic mass is 10.3. The average Bonchev–Trinajstić information content (AvgIpc) is 3.04. The molecule has 1 N–H and O–H groups in total. The fourth-order valence-corrected chi connectivity index (χ4v) is 2.60. The van der Waals surface area contributed by atoms with Crippen molar-refractivity contribution in [1.29, 1.82) is 0 Å². The van der Waals surface area contributed by atoms with Gasteiger partial charge in [-0.05, 0) is 25.0 Å². The van der Waals surface area contributed by atoms with Crippen molar-refractivity contribution in [2.45, 2.75) is 19.4 Å². The molecular formula is C16H20N4O. The fourth-order valence-electron chi connectivity index (χ4n) is 2.60. The molecule has 21 heavy (non-hydrogen) atoms. The molecule has 1 fully saturated rings. The molecule has 3 rings (SSSR count). The van der Waals surface area contributed by atoms with Crippen LogP contribution in [0.4, 0.5) is 11.4 Å². The molecule has 0 bridgehead atoms. The largest absolute Gasteiger partial charge is 0.383 e. The molecule has 0 aliphatic carbocycles. The summed E-state index contributed by atoms with van der Waals surface area (Å²) in [5, 5.41) is 7.56. The summed E-state index contributed by atoms with van der Waals surface area (Å²) in [4.78, 5) is 14.3. The Labute approximate surface area is 124 Å². The predicted molar refractivity (Wildman–Crippen MR) is 84.9 cm³/mol. The van der Waals surface area contributed by atoms with Crippen molar-refractivity contribution in [1.82, 2.24) is 9.78 Å². The molecule has 0 atom stereocenters. The van der Waals surface area contributed by atoms with Gasteiger partial charge in [-0.1, -0.05) is 18.2 Å². The molecule has 1 aliphatic heterocycles. The summed E-state index contributed by atoms with van der Waals surface area (Å²) >= 11 is 0. The van der Waals surface area contributed by atoms with Crippen LogP contribution >= 0.6 is 0 Å². The lowest BCUT2D eigenvalue weighted by Gasteiger charge is -2.17. The number of aromatic nitrogens is 2. The highest BCUT2D eigenvalue weighted by atomic mass is 16.1. The van der Waals surface area contributed by atoms with Crippen LogP contribution in [-0.2, 0) is 6.54 Å². The standard InChI is InChI=1S/C16H20N4O/c21-16-12-15(19-9-4-5-10-19)13-18-20(16)11-8-17-14-6-2-1-3-7-14/h1-3,6-7,12-13,17H,4-5,8-11H2. The van der Waals surface area contributed by atoms with Crippen LogP contribution in [0.2, 0.25) is 0 Å². The Bertz CT molecular complexity index is 632. The molecule has 0 spiro atoms. The molecule has 0 saturated carbocycles. The van der Waals surface area contributed by atoms with Gasteiger partial charge in [0, 0.05) is 31.4 Å². The van der Waals surface area contributed by atoms with Crippen molar-refractivity contribution in [2.75, 3.05) is 29.9 Å². The van der Waals surface area contributed by atoms with E-state index in [1.54, 1.807) is 12.3 Å². The van der Waals surface area contributed by atoms with Crippen LogP contribution in [0.1, 0.15) is 12.8 Å². The Hall–Kier alpha value is -2.30. The lowest BCUT2D eigenvalue weighted by Crippen LogP contribution is -2.28. The molecular weight excluding hydrogens is 264 g/mol. The van der Waals surface area contributed by atoms with E-state index in [4.69, 9.17) is 0 Å². The highest BCUT2D eigenvalue weighted by Gasteiger charge is 2.13. The third-order valence-electron chi connectivity index (χ3n) is 3.75. The van der Waals surface area contributed by atoms with Gasteiger partial charge in [-0.25, -0.2) is 4.68 Å². The summed E-state index contributed by atoms with van der Waals surface area (Å²) in [6.07, 6.45) is 4.20. The van der Waals surface area contributed by atoms with Gasteiger partial charge in [-0.2, -0.15) is 5.10 Å². The Balaban J connectivity index is 1.59. The van der Waals surface area contributed by atoms with E-state index in [0.717, 1.165) is 24.5 Å². The smallest absolute Gasteiger partial charge is 0.268 e. The van der Waals surface area contributed by atoms with E-state index in [9.17, 15) is 4.79 Å². The van der Waals surface area contributed by atoms with E-state index in [0.29, 0.717) is 13.1 Å². The SMILES string of the molecule is O=c1cc(N2CCCC2)cnn1CCNc1ccccc1. The number of benzene rings is 1. The van der Waals surface area contributed by atoms with Gasteiger partial charge in [0.25, 0.3) is 5.56 Å². The summed E-state index contributed by atoms with van der Waals surface area (Å²) in [5.41, 5.74) is 1.97. The Morgan fingerprint density at radius 2 is 1.90 bits per heavy atom. The van der Waals surface area contributed by atoms with E-state index in [2.05, 4.69) is 15.3 Å². The molecule has 5 nitrogen and oxygen atoms in total. The molecule has 1 aromatic heterocycles. The lowest BCUT2D eigenvalue weighted by molar-refractivity contribution is 0.597. The maximum atomic E-state index is 12.1. The van der Waals surface area contributed by atoms with Crippen LogP contribution in [0.5, 0.6) is 0 Å². The number of nitrogens with zero attached hydrogens (tertiary/aromatic N) is 3. The molecule has 0 unspecified atom stereocenters. The summed E-state index contributed by atoms with van der Waals surface area (Å²) < 4.78 is 1.51. The van der Waals surface area contributed by atoms with Gasteiger partial charge >= 0.3 is 0 Å². The van der Waals surface area contributed by atoms with E-state index in [-0.39, 0.29) is 5.56 Å². The summed E-state index contributed by atoms with van der Waals surface area (Å²) in [6, 6.07) is 11.7. The number of hydrogen-bond acceptors (Lipinski definition) is 4. The first-order chi connectivity index (χ1) is 10.3. The zero-order chi connectivity index (χ0) is 14.5. The summed E-state index contributed by atoms with van der Waals surface area (Å²) in [7, 11) is 0. The van der Waals surface area contributed by atoms with Crippen LogP contribution in [0, 0.1) is 0 Å². The van der Waals surface area contributed by atoms with Gasteiger partial charge in [0.15, 0.2) is 0 Å². The minimum absolute atomic E-state index is 0.0331. The second-order valence-corrected chi connectivity index (χ2v) is 5.26. The van der Waals surface area contributed by atoms with Crippen LogP contribution < -0.4 is 15.8 Å². The zero-order valence-electron chi connectivity index (χ0n) is 12.0. The molecule has 2 aromatic rings. The van der Waals surface area contributed by atoms with Gasteiger partial charge in [0.1, 0.15) is 0 Å². The Kier molecular flexibility index (Phi) is 4.19. The first-order valence-electron chi connectivity index (χ1n) is 7.44. The minimum Gasteiger partial charge on any atom is -0.383 e. The molecule has 110 valence electrons. The molecule has 1 aliphatic rings. The zero-order valence-corrected chi connectivity index (χ0v) is 12.0. The van der Waals surface area contributed by atoms with Crippen LogP contribution in [0.3, 0.4) is 0 Å². The Morgan fingerprint density at radius 3 is 2.62 bits per heavy atom. The highest BCUT2D eigenvalue weighted by Crippen LogP contribution is 2.16. The van der Waals surface area contributed by atoms with Crippen molar-refractivity contribution < 1.29 is 0 Å². The third-order valence-corrected chi connectivity index (χ3v) is 3.75. The van der Waals surface area contributed by atoms with E-state index < -0.39 is 0 Å². The minimum atomic E-state index is -0.0331. The third kappa shape index (κ3) is 3.42. The van der Waals surface area contributed by atoms with Gasteiger partial charge in [0.05, 0.1) is 18.4 Å². The van der Waals surface area contributed by atoms with Gasteiger partial charge in [-0.3, -0.25) is 4.79 Å². The monoisotopic (exact) mass is 284 g/mol. The normalized spacial score (nSPS) is 14.4. The second-order valence-electron chi connectivity index (χ2n) is 5.26. The molecule has 2 heterocycles. The number of para-hydroxylation sites is 1. The fraction of sp³-hybridized carbons (Fsp3) is 0.375. The van der Waals surface area contributed by atoms with Crippen molar-refractivity contribution in [3.8, 4) is 0 Å². The van der Waals surface area contributed by atoms with Crippen molar-refractivity contribution in [2.24, 2.45) is 0 Å². The van der Waals surface area contributed by atoms with Crippen molar-refractivity contribution in [3.05, 3.63) is 52.9 Å². The highest BCUT2D eigenvalue weighted by molar-refractivity contribution is 5.44. The van der Waals surface area contributed by atoms with Crippen molar-refractivity contribution >= 4 is 11.4 Å². The topological polar surface area (TPSA) is 50.2 Å². The number of nitrogens with one attached hydrogen (secondary N) is 1. The predicted octanol–water partition coefficient (Wildman–Crippen LogP) is 1.96. The first-order valence-corrected chi connectivity index (χ1v) is 7.44. The van der Waals surface area contributed by atoms with Gasteiger partial charge in [-0.15, -0.1) is 0 Å². The molecule has 0 amide bonds. The quantitative estimate of drug-likeness (QED) is 0.912. The van der Waals surface area contributed by atoms with Crippen LogP contribution in [0.15, 0.2) is 47.4 Å². The molecule has 1 aromatic carbocycles. The second kappa shape index (κ2) is 6.43. The van der Waals surface area contributed by atoms with E-state index >= 15 is 0 Å².